The predicted molar refractivity (Wildman–Crippen MR) is 75.4 cm³/mol. The number of rotatable bonds is 7. The minimum Gasteiger partial charge on any atom is -0.476 e. The molecular formula is C13H22N6O. The molecule has 110 valence electrons. The van der Waals surface area contributed by atoms with Gasteiger partial charge in [-0.1, -0.05) is 19.1 Å². The lowest BCUT2D eigenvalue weighted by atomic mass is 10.3. The standard InChI is InChI=1S/C13H22N6O/c1-10(2)14-8-12-9-19(17-15-12)5-6-20-13-7-11(3)16-18(13)4/h7,9-10,14H,5-6,8H2,1-4H3. The molecule has 7 nitrogen and oxygen atoms in total. The molecule has 0 saturated heterocycles. The summed E-state index contributed by atoms with van der Waals surface area (Å²) < 4.78 is 9.19. The highest BCUT2D eigenvalue weighted by Gasteiger charge is 2.04. The van der Waals surface area contributed by atoms with Gasteiger partial charge in [0, 0.05) is 31.9 Å². The highest BCUT2D eigenvalue weighted by molar-refractivity contribution is 5.14. The summed E-state index contributed by atoms with van der Waals surface area (Å²) in [6.07, 6.45) is 1.94. The summed E-state index contributed by atoms with van der Waals surface area (Å²) in [4.78, 5) is 0. The molecule has 0 saturated carbocycles. The first-order valence-corrected chi connectivity index (χ1v) is 6.80. The molecule has 0 aliphatic heterocycles. The monoisotopic (exact) mass is 278 g/mol. The summed E-state index contributed by atoms with van der Waals surface area (Å²) in [7, 11) is 1.87. The third-order valence-corrected chi connectivity index (χ3v) is 2.81. The van der Waals surface area contributed by atoms with Gasteiger partial charge in [0.25, 0.3) is 0 Å². The van der Waals surface area contributed by atoms with Crippen LogP contribution >= 0.6 is 0 Å². The molecule has 2 rings (SSSR count). The molecule has 0 unspecified atom stereocenters. The fourth-order valence-corrected chi connectivity index (χ4v) is 1.80. The van der Waals surface area contributed by atoms with E-state index in [1.807, 2.05) is 26.2 Å². The van der Waals surface area contributed by atoms with Crippen LogP contribution in [0.5, 0.6) is 5.88 Å². The van der Waals surface area contributed by atoms with Crippen molar-refractivity contribution in [1.29, 1.82) is 0 Å². The summed E-state index contributed by atoms with van der Waals surface area (Å²) >= 11 is 0. The number of ether oxygens (including phenoxy) is 1. The van der Waals surface area contributed by atoms with Gasteiger partial charge in [0.05, 0.1) is 17.9 Å². The Labute approximate surface area is 118 Å². The van der Waals surface area contributed by atoms with E-state index in [9.17, 15) is 0 Å². The first kappa shape index (κ1) is 14.5. The van der Waals surface area contributed by atoms with Gasteiger partial charge in [0.1, 0.15) is 6.61 Å². The maximum atomic E-state index is 5.67. The maximum absolute atomic E-state index is 5.67. The smallest absolute Gasteiger partial charge is 0.211 e. The molecule has 0 bridgehead atoms. The topological polar surface area (TPSA) is 69.8 Å². The first-order valence-electron chi connectivity index (χ1n) is 6.80. The second-order valence-electron chi connectivity index (χ2n) is 5.10. The van der Waals surface area contributed by atoms with Crippen LogP contribution in [0.25, 0.3) is 0 Å². The normalized spacial score (nSPS) is 11.2. The average molecular weight is 278 g/mol. The Hall–Kier alpha value is -1.89. The van der Waals surface area contributed by atoms with E-state index < -0.39 is 0 Å². The Morgan fingerprint density at radius 3 is 2.85 bits per heavy atom. The summed E-state index contributed by atoms with van der Waals surface area (Å²) in [5.74, 6) is 0.768. The highest BCUT2D eigenvalue weighted by Crippen LogP contribution is 2.10. The Bertz CT molecular complexity index is 545. The van der Waals surface area contributed by atoms with Crippen molar-refractivity contribution in [3.8, 4) is 5.88 Å². The van der Waals surface area contributed by atoms with Gasteiger partial charge < -0.3 is 10.1 Å². The van der Waals surface area contributed by atoms with E-state index in [4.69, 9.17) is 4.74 Å². The fraction of sp³-hybridized carbons (Fsp3) is 0.615. The van der Waals surface area contributed by atoms with E-state index in [1.165, 1.54) is 0 Å². The summed E-state index contributed by atoms with van der Waals surface area (Å²) in [5, 5.41) is 15.7. The van der Waals surface area contributed by atoms with Crippen LogP contribution in [-0.4, -0.2) is 37.4 Å². The van der Waals surface area contributed by atoms with Crippen LogP contribution in [0, 0.1) is 6.92 Å². The third-order valence-electron chi connectivity index (χ3n) is 2.81. The van der Waals surface area contributed by atoms with Crippen molar-refractivity contribution in [2.45, 2.75) is 39.9 Å². The fourth-order valence-electron chi connectivity index (χ4n) is 1.80. The highest BCUT2D eigenvalue weighted by atomic mass is 16.5. The van der Waals surface area contributed by atoms with E-state index in [0.29, 0.717) is 19.2 Å². The number of aryl methyl sites for hydroxylation is 2. The molecule has 0 fully saturated rings. The zero-order valence-corrected chi connectivity index (χ0v) is 12.5. The summed E-state index contributed by atoms with van der Waals surface area (Å²) in [6, 6.07) is 2.36. The number of hydrogen-bond donors (Lipinski definition) is 1. The van der Waals surface area contributed by atoms with Gasteiger partial charge in [0.2, 0.25) is 5.88 Å². The van der Waals surface area contributed by atoms with Crippen molar-refractivity contribution < 1.29 is 4.74 Å². The number of hydrogen-bond acceptors (Lipinski definition) is 5. The van der Waals surface area contributed by atoms with Crippen LogP contribution in [0.1, 0.15) is 25.2 Å². The van der Waals surface area contributed by atoms with E-state index in [2.05, 4.69) is 34.6 Å². The van der Waals surface area contributed by atoms with Crippen molar-refractivity contribution in [2.75, 3.05) is 6.61 Å². The SMILES string of the molecule is Cc1cc(OCCn2cc(CNC(C)C)nn2)n(C)n1. The minimum atomic E-state index is 0.441. The molecule has 2 aromatic rings. The number of nitrogens with one attached hydrogen (secondary N) is 1. The number of aromatic nitrogens is 5. The molecular weight excluding hydrogens is 256 g/mol. The van der Waals surface area contributed by atoms with Gasteiger partial charge in [0.15, 0.2) is 0 Å². The van der Waals surface area contributed by atoms with Gasteiger partial charge in [-0.25, -0.2) is 9.36 Å². The van der Waals surface area contributed by atoms with Gasteiger partial charge in [-0.3, -0.25) is 0 Å². The Balaban J connectivity index is 1.78. The van der Waals surface area contributed by atoms with E-state index in [0.717, 1.165) is 23.8 Å². The van der Waals surface area contributed by atoms with E-state index in [-0.39, 0.29) is 0 Å². The van der Waals surface area contributed by atoms with Crippen molar-refractivity contribution in [1.82, 2.24) is 30.1 Å². The molecule has 0 spiro atoms. The van der Waals surface area contributed by atoms with Crippen LogP contribution in [0.2, 0.25) is 0 Å². The van der Waals surface area contributed by atoms with Crippen LogP contribution in [0.4, 0.5) is 0 Å². The van der Waals surface area contributed by atoms with E-state index >= 15 is 0 Å². The predicted octanol–water partition coefficient (Wildman–Crippen LogP) is 0.897. The Morgan fingerprint density at radius 1 is 1.40 bits per heavy atom. The van der Waals surface area contributed by atoms with Crippen LogP contribution in [0.15, 0.2) is 12.3 Å². The lowest BCUT2D eigenvalue weighted by molar-refractivity contribution is 0.267. The molecule has 0 aliphatic carbocycles. The Kier molecular flexibility index (Phi) is 4.73. The van der Waals surface area contributed by atoms with E-state index in [1.54, 1.807) is 9.36 Å². The number of nitrogens with zero attached hydrogens (tertiary/aromatic N) is 5. The molecule has 20 heavy (non-hydrogen) atoms. The first-order chi connectivity index (χ1) is 9.54. The second kappa shape index (κ2) is 6.51. The average Bonchev–Trinajstić information content (AvgIpc) is 2.94. The zero-order valence-electron chi connectivity index (χ0n) is 12.5. The lowest BCUT2D eigenvalue weighted by Gasteiger charge is -2.05. The molecule has 0 aliphatic rings. The quantitative estimate of drug-likeness (QED) is 0.815. The van der Waals surface area contributed by atoms with Gasteiger partial charge in [-0.15, -0.1) is 5.10 Å². The molecule has 0 amide bonds. The van der Waals surface area contributed by atoms with Crippen LogP contribution in [-0.2, 0) is 20.1 Å². The van der Waals surface area contributed by atoms with Gasteiger partial charge >= 0.3 is 0 Å². The molecule has 2 aromatic heterocycles. The van der Waals surface area contributed by atoms with Gasteiger partial charge in [-0.05, 0) is 6.92 Å². The lowest BCUT2D eigenvalue weighted by Crippen LogP contribution is -2.21. The molecule has 0 radical (unpaired) electrons. The molecule has 0 atom stereocenters. The maximum Gasteiger partial charge on any atom is 0.211 e. The summed E-state index contributed by atoms with van der Waals surface area (Å²) in [6.45, 7) is 8.10. The van der Waals surface area contributed by atoms with Crippen LogP contribution < -0.4 is 10.1 Å². The largest absolute Gasteiger partial charge is 0.476 e. The Morgan fingerprint density at radius 2 is 2.20 bits per heavy atom. The second-order valence-corrected chi connectivity index (χ2v) is 5.10. The zero-order chi connectivity index (χ0) is 14.5. The van der Waals surface area contributed by atoms with Crippen molar-refractivity contribution >= 4 is 0 Å². The molecule has 0 aromatic carbocycles. The summed E-state index contributed by atoms with van der Waals surface area (Å²) in [5.41, 5.74) is 1.89. The molecule has 2 heterocycles. The van der Waals surface area contributed by atoms with Gasteiger partial charge in [-0.2, -0.15) is 5.10 Å². The van der Waals surface area contributed by atoms with Crippen molar-refractivity contribution in [3.05, 3.63) is 23.7 Å². The van der Waals surface area contributed by atoms with Crippen LogP contribution in [0.3, 0.4) is 0 Å². The van der Waals surface area contributed by atoms with Crippen molar-refractivity contribution in [3.63, 3.8) is 0 Å². The third kappa shape index (κ3) is 4.06. The molecule has 1 N–H and O–H groups in total. The van der Waals surface area contributed by atoms with Crippen molar-refractivity contribution in [2.24, 2.45) is 7.05 Å². The minimum absolute atomic E-state index is 0.441. The molecule has 7 heteroatoms.